The van der Waals surface area contributed by atoms with Gasteiger partial charge in [-0.25, -0.2) is 0 Å². The Morgan fingerprint density at radius 2 is 1.89 bits per heavy atom. The molecule has 2 aliphatic rings. The second-order valence-corrected chi connectivity index (χ2v) is 11.7. The molecule has 0 bridgehead atoms. The third-order valence-corrected chi connectivity index (χ3v) is 8.97. The van der Waals surface area contributed by atoms with Crippen molar-refractivity contribution in [1.82, 2.24) is 21.3 Å². The number of amides is 1. The number of carbonyl (C=O) groups is 3. The van der Waals surface area contributed by atoms with E-state index in [2.05, 4.69) is 27.8 Å². The van der Waals surface area contributed by atoms with Crippen LogP contribution in [0.1, 0.15) is 44.9 Å². The topological polar surface area (TPSA) is 99.3 Å². The smallest absolute Gasteiger partial charge is 0.233 e. The molecule has 2 aliphatic heterocycles. The zero-order valence-corrected chi connectivity index (χ0v) is 22.1. The number of Topliss-reactive ketones (excluding diaryl/α,β-unsaturated/α-hetero) is 2. The van der Waals surface area contributed by atoms with Crippen molar-refractivity contribution in [3.8, 4) is 0 Å². The first kappa shape index (κ1) is 27.6. The number of ketones is 2. The fourth-order valence-corrected chi connectivity index (χ4v) is 7.13. The fraction of sp³-hybridized carbons (Fsp3) is 0.577. The van der Waals surface area contributed by atoms with Gasteiger partial charge in [-0.15, -0.1) is 11.8 Å². The number of carbonyl (C=O) groups excluding carboxylic acids is 3. The predicted molar refractivity (Wildman–Crippen MR) is 145 cm³/mol. The summed E-state index contributed by atoms with van der Waals surface area (Å²) in [6, 6.07) is 10.6. The highest BCUT2D eigenvalue weighted by Gasteiger charge is 2.40. The third-order valence-electron chi connectivity index (χ3n) is 6.25. The van der Waals surface area contributed by atoms with Gasteiger partial charge in [-0.3, -0.25) is 14.4 Å². The Kier molecular flexibility index (Phi) is 11.5. The zero-order chi connectivity index (χ0) is 25.0. The minimum absolute atomic E-state index is 0.00249. The number of unbranched alkanes of at least 4 members (excludes halogenated alkanes) is 1. The third kappa shape index (κ3) is 9.20. The highest BCUT2D eigenvalue weighted by molar-refractivity contribution is 8.00. The first-order chi connectivity index (χ1) is 17.0. The molecule has 0 aromatic heterocycles. The average molecular weight is 519 g/mol. The minimum Gasteiger partial charge on any atom is -0.367 e. The number of benzene rings is 1. The van der Waals surface area contributed by atoms with Crippen LogP contribution >= 0.6 is 23.5 Å². The first-order valence-electron chi connectivity index (χ1n) is 12.5. The summed E-state index contributed by atoms with van der Waals surface area (Å²) in [6.07, 6.45) is 4.95. The van der Waals surface area contributed by atoms with E-state index in [4.69, 9.17) is 0 Å². The van der Waals surface area contributed by atoms with Crippen LogP contribution in [0.5, 0.6) is 0 Å². The monoisotopic (exact) mass is 518 g/mol. The second kappa shape index (κ2) is 14.6. The molecule has 1 aromatic rings. The van der Waals surface area contributed by atoms with Crippen LogP contribution in [0.3, 0.4) is 0 Å². The molecule has 0 spiro atoms. The maximum Gasteiger partial charge on any atom is 0.233 e. The minimum atomic E-state index is -0.483. The Morgan fingerprint density at radius 1 is 1.11 bits per heavy atom. The highest BCUT2D eigenvalue weighted by Crippen LogP contribution is 2.34. The van der Waals surface area contributed by atoms with E-state index in [0.717, 1.165) is 35.7 Å². The molecule has 3 rings (SSSR count). The predicted octanol–water partition coefficient (Wildman–Crippen LogP) is 2.87. The Hall–Kier alpha value is -1.97. The van der Waals surface area contributed by atoms with Crippen molar-refractivity contribution < 1.29 is 14.4 Å². The second-order valence-electron chi connectivity index (χ2n) is 9.14. The van der Waals surface area contributed by atoms with Crippen LogP contribution in [-0.4, -0.2) is 65.9 Å². The summed E-state index contributed by atoms with van der Waals surface area (Å²) in [7, 11) is 1.72. The summed E-state index contributed by atoms with van der Waals surface area (Å²) in [5.74, 6) is 2.15. The average Bonchev–Trinajstić information content (AvgIpc) is 3.39. The SMILES string of the molecule is C=C1NC2CSC(CCCCC(=O)CCCNC(=O)[C@H](CC(=O)CNC)Sc3ccccc3)C2N1. The number of nitrogens with one attached hydrogen (secondary N) is 4. The Bertz CT molecular complexity index is 867. The van der Waals surface area contributed by atoms with Crippen molar-refractivity contribution in [3.05, 3.63) is 42.7 Å². The molecule has 0 radical (unpaired) electrons. The molecule has 4 N–H and O–H groups in total. The summed E-state index contributed by atoms with van der Waals surface area (Å²) in [5.41, 5.74) is 0. The molecule has 2 saturated heterocycles. The molecule has 2 heterocycles. The molecule has 35 heavy (non-hydrogen) atoms. The lowest BCUT2D eigenvalue weighted by Crippen LogP contribution is -2.36. The van der Waals surface area contributed by atoms with Crippen molar-refractivity contribution in [2.45, 2.75) is 72.4 Å². The maximum absolute atomic E-state index is 12.8. The van der Waals surface area contributed by atoms with E-state index in [0.29, 0.717) is 43.1 Å². The van der Waals surface area contributed by atoms with E-state index in [1.54, 1.807) is 7.05 Å². The molecular formula is C26H38N4O3S2. The fourth-order valence-electron chi connectivity index (χ4n) is 4.48. The Labute approximate surface area is 217 Å². The van der Waals surface area contributed by atoms with Gasteiger partial charge in [0.2, 0.25) is 5.91 Å². The Morgan fingerprint density at radius 3 is 2.66 bits per heavy atom. The molecular weight excluding hydrogens is 480 g/mol. The summed E-state index contributed by atoms with van der Waals surface area (Å²) in [6.45, 7) is 4.66. The summed E-state index contributed by atoms with van der Waals surface area (Å²) in [5, 5.41) is 12.7. The molecule has 1 amide bonds. The van der Waals surface area contributed by atoms with E-state index < -0.39 is 5.25 Å². The number of fused-ring (bicyclic) bond motifs is 1. The summed E-state index contributed by atoms with van der Waals surface area (Å²) < 4.78 is 0. The van der Waals surface area contributed by atoms with Crippen molar-refractivity contribution in [1.29, 1.82) is 0 Å². The van der Waals surface area contributed by atoms with Crippen molar-refractivity contribution in [2.75, 3.05) is 25.9 Å². The molecule has 192 valence electrons. The number of likely N-dealkylation sites (N-methyl/N-ethyl adjacent to an activating group) is 1. The van der Waals surface area contributed by atoms with Crippen LogP contribution in [0.15, 0.2) is 47.6 Å². The quantitative estimate of drug-likeness (QED) is 0.196. The number of hydrogen-bond acceptors (Lipinski definition) is 8. The van der Waals surface area contributed by atoms with Crippen LogP contribution in [0.2, 0.25) is 0 Å². The van der Waals surface area contributed by atoms with E-state index in [1.165, 1.54) is 11.8 Å². The molecule has 0 aliphatic carbocycles. The van der Waals surface area contributed by atoms with Crippen LogP contribution in [-0.2, 0) is 14.4 Å². The lowest BCUT2D eigenvalue weighted by Gasteiger charge is -2.17. The van der Waals surface area contributed by atoms with E-state index in [-0.39, 0.29) is 30.4 Å². The molecule has 4 atom stereocenters. The van der Waals surface area contributed by atoms with Crippen LogP contribution in [0.25, 0.3) is 0 Å². The molecule has 2 fully saturated rings. The molecule has 9 heteroatoms. The Balaban J connectivity index is 1.30. The summed E-state index contributed by atoms with van der Waals surface area (Å²) >= 11 is 3.41. The molecule has 0 saturated carbocycles. The molecule has 1 aromatic carbocycles. The van der Waals surface area contributed by atoms with Gasteiger partial charge < -0.3 is 21.3 Å². The van der Waals surface area contributed by atoms with Gasteiger partial charge in [-0.1, -0.05) is 31.2 Å². The van der Waals surface area contributed by atoms with Gasteiger partial charge >= 0.3 is 0 Å². The lowest BCUT2D eigenvalue weighted by atomic mass is 10.0. The van der Waals surface area contributed by atoms with E-state index in [1.807, 2.05) is 42.1 Å². The number of rotatable bonds is 16. The lowest BCUT2D eigenvalue weighted by molar-refractivity contribution is -0.124. The van der Waals surface area contributed by atoms with Gasteiger partial charge in [-0.2, -0.15) is 11.8 Å². The van der Waals surface area contributed by atoms with Crippen molar-refractivity contribution >= 4 is 41.0 Å². The van der Waals surface area contributed by atoms with Crippen LogP contribution in [0.4, 0.5) is 0 Å². The van der Waals surface area contributed by atoms with Gasteiger partial charge in [0.25, 0.3) is 0 Å². The van der Waals surface area contributed by atoms with Gasteiger partial charge in [-0.05, 0) is 38.4 Å². The molecule has 7 nitrogen and oxygen atoms in total. The highest BCUT2D eigenvalue weighted by atomic mass is 32.2. The van der Waals surface area contributed by atoms with Gasteiger partial charge in [0.1, 0.15) is 11.6 Å². The van der Waals surface area contributed by atoms with Crippen LogP contribution in [0, 0.1) is 0 Å². The van der Waals surface area contributed by atoms with Crippen LogP contribution < -0.4 is 21.3 Å². The first-order valence-corrected chi connectivity index (χ1v) is 14.4. The standard InChI is InChI=1S/C26H38N4O3S2/c1-18-29-22-17-34-23(25(22)30-18)13-7-6-9-19(31)10-8-14-28-26(33)24(15-20(32)16-27-2)35-21-11-4-3-5-12-21/h3-5,11-12,22-25,27,29-30H,1,6-10,13-17H2,2H3,(H,28,33)/t22?,23?,24-,25?/m0/s1. The summed E-state index contributed by atoms with van der Waals surface area (Å²) in [4.78, 5) is 38.1. The number of thioether (sulfide) groups is 2. The normalized spacial score (nSPS) is 21.6. The van der Waals surface area contributed by atoms with Gasteiger partial charge in [0.15, 0.2) is 0 Å². The maximum atomic E-state index is 12.8. The largest absolute Gasteiger partial charge is 0.367 e. The van der Waals surface area contributed by atoms with Crippen molar-refractivity contribution in [3.63, 3.8) is 0 Å². The number of hydrogen-bond donors (Lipinski definition) is 4. The van der Waals surface area contributed by atoms with Crippen molar-refractivity contribution in [2.24, 2.45) is 0 Å². The van der Waals surface area contributed by atoms with E-state index in [9.17, 15) is 14.4 Å². The zero-order valence-electron chi connectivity index (χ0n) is 20.5. The van der Waals surface area contributed by atoms with E-state index >= 15 is 0 Å². The van der Waals surface area contributed by atoms with Gasteiger partial charge in [0.05, 0.1) is 29.7 Å². The van der Waals surface area contributed by atoms with Gasteiger partial charge in [0, 0.05) is 41.7 Å². The molecule has 3 unspecified atom stereocenters.